The van der Waals surface area contributed by atoms with E-state index in [1.54, 1.807) is 6.20 Å². The predicted molar refractivity (Wildman–Crippen MR) is 167 cm³/mol. The number of ether oxygens (including phenoxy) is 1. The Labute approximate surface area is 252 Å². The van der Waals surface area contributed by atoms with Crippen LogP contribution >= 0.6 is 0 Å². The van der Waals surface area contributed by atoms with Crippen LogP contribution in [0.5, 0.6) is 5.88 Å². The lowest BCUT2D eigenvalue weighted by Crippen LogP contribution is -2.38. The number of pyridine rings is 1. The zero-order valence-corrected chi connectivity index (χ0v) is 25.5. The number of fused-ring (bicyclic) bond motifs is 2. The molecule has 0 bridgehead atoms. The number of H-pyrrole nitrogens is 1. The number of imidazole rings is 1. The molecular formula is C33H43N7O3. The maximum atomic E-state index is 13.5. The minimum atomic E-state index is -0.306. The number of hydrogen-bond acceptors (Lipinski definition) is 5. The van der Waals surface area contributed by atoms with E-state index in [-0.39, 0.29) is 29.8 Å². The van der Waals surface area contributed by atoms with Gasteiger partial charge in [-0.25, -0.2) is 4.98 Å². The standard InChI is InChI=1S/C33H43N7O3/c1-22(2)35-31(41)24-9-11-26(12-10-24)40-29-20-30(43-18-17-39-14-5-4-6-15-39)34-21-27(29)36-33(40)37-32(42)25-8-7-23-13-16-38(3)28(23)19-25/h7-8,13,16,19-22,24,26H,4-6,9-12,14-15,17-18H2,1-3H3,(H,35,41)(H,36,37,42). The molecule has 0 unspecified atom stereocenters. The maximum Gasteiger partial charge on any atom is 0.280 e. The molecule has 1 aliphatic heterocycles. The van der Waals surface area contributed by atoms with Gasteiger partial charge in [0.2, 0.25) is 17.4 Å². The number of carbonyl (C=O) groups is 2. The van der Waals surface area contributed by atoms with Crippen LogP contribution in [0.3, 0.4) is 0 Å². The lowest BCUT2D eigenvalue weighted by molar-refractivity contribution is -0.126. The highest BCUT2D eigenvalue weighted by molar-refractivity contribution is 5.98. The van der Waals surface area contributed by atoms with E-state index in [2.05, 4.69) is 29.7 Å². The molecule has 1 saturated heterocycles. The van der Waals surface area contributed by atoms with E-state index in [1.807, 2.05) is 62.0 Å². The van der Waals surface area contributed by atoms with Crippen molar-refractivity contribution in [2.75, 3.05) is 26.2 Å². The average Bonchev–Trinajstić information content (AvgIpc) is 3.56. The molecule has 1 saturated carbocycles. The topological polar surface area (TPSA) is 110 Å². The highest BCUT2D eigenvalue weighted by Crippen LogP contribution is 2.34. The number of likely N-dealkylation sites (tertiary alicyclic amines) is 1. The molecule has 2 N–H and O–H groups in total. The smallest absolute Gasteiger partial charge is 0.280 e. The zero-order valence-electron chi connectivity index (χ0n) is 25.5. The number of nitrogens with zero attached hydrogens (tertiary/aromatic N) is 5. The summed E-state index contributed by atoms with van der Waals surface area (Å²) in [6.45, 7) is 7.70. The fourth-order valence-corrected chi connectivity index (χ4v) is 6.56. The Morgan fingerprint density at radius 1 is 1.07 bits per heavy atom. The van der Waals surface area contributed by atoms with Crippen LogP contribution in [0, 0.1) is 5.92 Å². The van der Waals surface area contributed by atoms with Crippen molar-refractivity contribution >= 4 is 33.8 Å². The summed E-state index contributed by atoms with van der Waals surface area (Å²) in [7, 11) is 1.97. The summed E-state index contributed by atoms with van der Waals surface area (Å²) in [4.78, 5) is 41.2. The third-order valence-corrected chi connectivity index (χ3v) is 8.90. The van der Waals surface area contributed by atoms with Gasteiger partial charge in [-0.05, 0) is 89.0 Å². The van der Waals surface area contributed by atoms with Crippen molar-refractivity contribution in [2.24, 2.45) is 18.0 Å². The number of amides is 2. The number of rotatable bonds is 8. The number of aryl methyl sites for hydroxylation is 1. The molecule has 1 aromatic carbocycles. The zero-order chi connectivity index (χ0) is 29.9. The van der Waals surface area contributed by atoms with E-state index in [0.29, 0.717) is 23.7 Å². The molecular weight excluding hydrogens is 542 g/mol. The summed E-state index contributed by atoms with van der Waals surface area (Å²) < 4.78 is 10.2. The minimum Gasteiger partial charge on any atom is -0.476 e. The van der Waals surface area contributed by atoms with Crippen LogP contribution in [-0.4, -0.2) is 68.1 Å². The van der Waals surface area contributed by atoms with E-state index in [4.69, 9.17) is 4.74 Å². The van der Waals surface area contributed by atoms with Gasteiger partial charge in [0.05, 0.1) is 17.2 Å². The molecule has 3 aromatic heterocycles. The molecule has 43 heavy (non-hydrogen) atoms. The fourth-order valence-electron chi connectivity index (χ4n) is 6.56. The van der Waals surface area contributed by atoms with Crippen molar-refractivity contribution in [1.82, 2.24) is 29.3 Å². The largest absolute Gasteiger partial charge is 0.476 e. The molecule has 0 atom stereocenters. The fraction of sp³-hybridized carbons (Fsp3) is 0.515. The molecule has 2 aliphatic rings. The molecule has 1 aliphatic carbocycles. The van der Waals surface area contributed by atoms with Gasteiger partial charge >= 0.3 is 0 Å². The van der Waals surface area contributed by atoms with Crippen molar-refractivity contribution in [3.63, 3.8) is 0 Å². The number of benzene rings is 1. The Balaban J connectivity index is 1.30. The van der Waals surface area contributed by atoms with E-state index in [0.717, 1.165) is 67.3 Å². The molecule has 10 nitrogen and oxygen atoms in total. The normalized spacial score (nSPS) is 20.2. The van der Waals surface area contributed by atoms with E-state index < -0.39 is 0 Å². The summed E-state index contributed by atoms with van der Waals surface area (Å²) in [5.41, 5.74) is 3.72. The minimum absolute atomic E-state index is 0.00108. The van der Waals surface area contributed by atoms with Crippen LogP contribution in [0.1, 0.15) is 75.2 Å². The first kappa shape index (κ1) is 29.2. The molecule has 0 radical (unpaired) electrons. The van der Waals surface area contributed by atoms with Gasteiger partial charge < -0.3 is 24.2 Å². The summed E-state index contributed by atoms with van der Waals surface area (Å²) in [6.07, 6.45) is 10.7. The third-order valence-electron chi connectivity index (χ3n) is 8.90. The second-order valence-corrected chi connectivity index (χ2v) is 12.4. The van der Waals surface area contributed by atoms with Crippen molar-refractivity contribution < 1.29 is 14.3 Å². The van der Waals surface area contributed by atoms with Crippen molar-refractivity contribution in [2.45, 2.75) is 70.9 Å². The molecule has 4 aromatic rings. The second-order valence-electron chi connectivity index (χ2n) is 12.4. The van der Waals surface area contributed by atoms with Gasteiger partial charge in [-0.3, -0.25) is 14.5 Å². The first-order valence-electron chi connectivity index (χ1n) is 15.8. The number of carbonyl (C=O) groups excluding carboxylic acids is 2. The first-order valence-corrected chi connectivity index (χ1v) is 15.8. The van der Waals surface area contributed by atoms with Crippen LogP contribution in [0.15, 0.2) is 47.7 Å². The Morgan fingerprint density at radius 3 is 2.63 bits per heavy atom. The highest BCUT2D eigenvalue weighted by Gasteiger charge is 2.29. The third kappa shape index (κ3) is 6.54. The lowest BCUT2D eigenvalue weighted by atomic mass is 9.85. The second kappa shape index (κ2) is 12.8. The van der Waals surface area contributed by atoms with Gasteiger partial charge in [0, 0.05) is 54.9 Å². The number of aromatic amines is 1. The summed E-state index contributed by atoms with van der Waals surface area (Å²) >= 11 is 0. The van der Waals surface area contributed by atoms with Crippen LogP contribution in [-0.2, 0) is 11.8 Å². The molecule has 0 spiro atoms. The molecule has 6 rings (SSSR count). The van der Waals surface area contributed by atoms with Gasteiger partial charge in [0.15, 0.2) is 0 Å². The molecule has 4 heterocycles. The Bertz CT molecular complexity index is 1670. The van der Waals surface area contributed by atoms with Gasteiger partial charge in [0.25, 0.3) is 5.91 Å². The van der Waals surface area contributed by atoms with Crippen LogP contribution < -0.4 is 15.7 Å². The number of nitrogens with one attached hydrogen (secondary N) is 2. The van der Waals surface area contributed by atoms with Gasteiger partial charge in [-0.15, -0.1) is 0 Å². The van der Waals surface area contributed by atoms with Crippen molar-refractivity contribution in [3.8, 4) is 5.88 Å². The van der Waals surface area contributed by atoms with E-state index >= 15 is 0 Å². The quantitative estimate of drug-likeness (QED) is 0.311. The summed E-state index contributed by atoms with van der Waals surface area (Å²) in [6, 6.07) is 9.88. The maximum absolute atomic E-state index is 13.5. The molecule has 2 amide bonds. The van der Waals surface area contributed by atoms with Crippen LogP contribution in [0.25, 0.3) is 21.9 Å². The molecule has 2 fully saturated rings. The molecule has 10 heteroatoms. The Kier molecular flexibility index (Phi) is 8.65. The summed E-state index contributed by atoms with van der Waals surface area (Å²) in [5.74, 6) is 0.384. The Hall–Kier alpha value is -3.92. The number of hydrogen-bond donors (Lipinski definition) is 2. The van der Waals surface area contributed by atoms with Crippen LogP contribution in [0.4, 0.5) is 0 Å². The molecule has 228 valence electrons. The van der Waals surface area contributed by atoms with Crippen molar-refractivity contribution in [1.29, 1.82) is 0 Å². The highest BCUT2D eigenvalue weighted by atomic mass is 16.5. The lowest BCUT2D eigenvalue weighted by Gasteiger charge is -2.29. The SMILES string of the molecule is CC(C)NC(=O)C1CCC(n2/c(=N/C(=O)c3ccc4ccn(C)c4c3)[nH]c3cnc(OCCN4CCCCC4)cc32)CC1. The van der Waals surface area contributed by atoms with Crippen molar-refractivity contribution in [3.05, 3.63) is 53.9 Å². The monoisotopic (exact) mass is 585 g/mol. The van der Waals surface area contributed by atoms with Crippen LogP contribution in [0.2, 0.25) is 0 Å². The van der Waals surface area contributed by atoms with E-state index in [9.17, 15) is 9.59 Å². The summed E-state index contributed by atoms with van der Waals surface area (Å²) in [5, 5.41) is 4.15. The first-order chi connectivity index (χ1) is 20.9. The van der Waals surface area contributed by atoms with E-state index in [1.165, 1.54) is 19.3 Å². The average molecular weight is 586 g/mol. The Morgan fingerprint density at radius 2 is 1.86 bits per heavy atom. The van der Waals surface area contributed by atoms with Gasteiger partial charge in [-0.2, -0.15) is 4.99 Å². The van der Waals surface area contributed by atoms with Gasteiger partial charge in [-0.1, -0.05) is 12.5 Å². The van der Waals surface area contributed by atoms with Gasteiger partial charge in [0.1, 0.15) is 6.61 Å². The number of piperidine rings is 1. The predicted octanol–water partition coefficient (Wildman–Crippen LogP) is 4.72. The number of aromatic nitrogens is 4.